The molecule has 0 bridgehead atoms. The van der Waals surface area contributed by atoms with E-state index in [1.807, 2.05) is 31.2 Å². The molecule has 0 aromatic heterocycles. The van der Waals surface area contributed by atoms with Crippen LogP contribution in [0.2, 0.25) is 0 Å². The van der Waals surface area contributed by atoms with Crippen molar-refractivity contribution in [2.45, 2.75) is 39.2 Å². The summed E-state index contributed by atoms with van der Waals surface area (Å²) < 4.78 is 6.99. The Hall–Kier alpha value is -1.32. The van der Waals surface area contributed by atoms with Crippen molar-refractivity contribution in [3.63, 3.8) is 0 Å². The summed E-state index contributed by atoms with van der Waals surface area (Å²) in [6.45, 7) is 6.37. The second kappa shape index (κ2) is 7.10. The molecule has 0 saturated carbocycles. The van der Waals surface area contributed by atoms with E-state index in [0.717, 1.165) is 22.4 Å². The van der Waals surface area contributed by atoms with Crippen molar-refractivity contribution in [2.24, 2.45) is 5.73 Å². The van der Waals surface area contributed by atoms with Gasteiger partial charge in [0.15, 0.2) is 0 Å². The first-order valence-corrected chi connectivity index (χ1v) is 8.07. The number of hydrogen-bond donors (Lipinski definition) is 1. The molecule has 3 heteroatoms. The summed E-state index contributed by atoms with van der Waals surface area (Å²) in [6.07, 6.45) is 0.851. The highest BCUT2D eigenvalue weighted by Gasteiger charge is 2.06. The van der Waals surface area contributed by atoms with Gasteiger partial charge >= 0.3 is 0 Å². The molecular formula is C18H22BrNO. The fourth-order valence-electron chi connectivity index (χ4n) is 2.18. The van der Waals surface area contributed by atoms with Gasteiger partial charge in [0.05, 0.1) is 0 Å². The van der Waals surface area contributed by atoms with Crippen molar-refractivity contribution in [1.82, 2.24) is 0 Å². The van der Waals surface area contributed by atoms with E-state index in [0.29, 0.717) is 5.92 Å². The molecule has 21 heavy (non-hydrogen) atoms. The number of benzene rings is 2. The van der Waals surface area contributed by atoms with Gasteiger partial charge in [-0.3, -0.25) is 0 Å². The Balaban J connectivity index is 2.16. The number of rotatable bonds is 5. The van der Waals surface area contributed by atoms with Gasteiger partial charge in [0.1, 0.15) is 11.5 Å². The fourth-order valence-corrected chi connectivity index (χ4v) is 2.70. The highest BCUT2D eigenvalue weighted by molar-refractivity contribution is 9.10. The molecule has 112 valence electrons. The molecular weight excluding hydrogens is 326 g/mol. The largest absolute Gasteiger partial charge is 0.457 e. The van der Waals surface area contributed by atoms with E-state index in [1.54, 1.807) is 0 Å². The molecule has 0 aliphatic carbocycles. The van der Waals surface area contributed by atoms with Crippen LogP contribution in [0.5, 0.6) is 11.5 Å². The third-order valence-electron chi connectivity index (χ3n) is 3.33. The Morgan fingerprint density at radius 2 is 1.76 bits per heavy atom. The van der Waals surface area contributed by atoms with E-state index in [1.165, 1.54) is 11.1 Å². The van der Waals surface area contributed by atoms with Crippen LogP contribution < -0.4 is 10.5 Å². The maximum Gasteiger partial charge on any atom is 0.128 e. The second-order valence-electron chi connectivity index (χ2n) is 5.76. The Morgan fingerprint density at radius 1 is 1.05 bits per heavy atom. The number of hydrogen-bond acceptors (Lipinski definition) is 2. The summed E-state index contributed by atoms with van der Waals surface area (Å²) in [4.78, 5) is 0. The number of halogens is 1. The highest BCUT2D eigenvalue weighted by atomic mass is 79.9. The van der Waals surface area contributed by atoms with Crippen molar-refractivity contribution in [3.8, 4) is 11.5 Å². The molecule has 2 rings (SSSR count). The maximum atomic E-state index is 5.95. The quantitative estimate of drug-likeness (QED) is 0.800. The lowest BCUT2D eigenvalue weighted by atomic mass is 10.0. The molecule has 1 atom stereocenters. The lowest BCUT2D eigenvalue weighted by molar-refractivity contribution is 0.481. The summed E-state index contributed by atoms with van der Waals surface area (Å²) >= 11 is 3.59. The van der Waals surface area contributed by atoms with Crippen LogP contribution in [0.1, 0.15) is 37.8 Å². The average molecular weight is 348 g/mol. The van der Waals surface area contributed by atoms with Crippen LogP contribution in [0.4, 0.5) is 0 Å². The minimum Gasteiger partial charge on any atom is -0.457 e. The van der Waals surface area contributed by atoms with Gasteiger partial charge in [0.2, 0.25) is 0 Å². The number of ether oxygens (including phenoxy) is 1. The van der Waals surface area contributed by atoms with Crippen molar-refractivity contribution in [3.05, 3.63) is 58.1 Å². The maximum absolute atomic E-state index is 5.95. The zero-order chi connectivity index (χ0) is 15.4. The van der Waals surface area contributed by atoms with Crippen molar-refractivity contribution >= 4 is 15.9 Å². The summed E-state index contributed by atoms with van der Waals surface area (Å²) in [5.74, 6) is 2.19. The first-order chi connectivity index (χ1) is 9.95. The molecule has 0 radical (unpaired) electrons. The van der Waals surface area contributed by atoms with Crippen LogP contribution in [0.3, 0.4) is 0 Å². The topological polar surface area (TPSA) is 35.2 Å². The molecule has 0 aliphatic heterocycles. The van der Waals surface area contributed by atoms with E-state index >= 15 is 0 Å². The van der Waals surface area contributed by atoms with Crippen LogP contribution in [0.25, 0.3) is 0 Å². The zero-order valence-electron chi connectivity index (χ0n) is 12.8. The highest BCUT2D eigenvalue weighted by Crippen LogP contribution is 2.29. The van der Waals surface area contributed by atoms with Gasteiger partial charge in [0, 0.05) is 10.5 Å². The molecule has 0 spiro atoms. The summed E-state index contributed by atoms with van der Waals surface area (Å²) in [5, 5.41) is 0. The predicted octanol–water partition coefficient (Wildman–Crippen LogP) is 5.25. The van der Waals surface area contributed by atoms with Crippen molar-refractivity contribution in [2.75, 3.05) is 0 Å². The molecule has 0 heterocycles. The predicted molar refractivity (Wildman–Crippen MR) is 92.1 cm³/mol. The number of nitrogens with two attached hydrogens (primary N) is 1. The van der Waals surface area contributed by atoms with Crippen LogP contribution in [-0.2, 0) is 6.42 Å². The van der Waals surface area contributed by atoms with Gasteiger partial charge in [-0.25, -0.2) is 0 Å². The van der Waals surface area contributed by atoms with E-state index in [9.17, 15) is 0 Å². The molecule has 0 aliphatic rings. The summed E-state index contributed by atoms with van der Waals surface area (Å²) in [6, 6.07) is 14.4. The second-order valence-corrected chi connectivity index (χ2v) is 6.62. The Morgan fingerprint density at radius 3 is 2.38 bits per heavy atom. The smallest absolute Gasteiger partial charge is 0.128 e. The Bertz CT molecular complexity index is 608. The standard InChI is InChI=1S/C18H22BrNO/c1-12(2)14-5-4-6-16(10-14)21-17-8-7-15(9-13(3)20)18(19)11-17/h4-8,10-13H,9,20H2,1-3H3. The van der Waals surface area contributed by atoms with E-state index in [2.05, 4.69) is 48.0 Å². The third-order valence-corrected chi connectivity index (χ3v) is 4.07. The van der Waals surface area contributed by atoms with Gasteiger partial charge in [0.25, 0.3) is 0 Å². The zero-order valence-corrected chi connectivity index (χ0v) is 14.4. The van der Waals surface area contributed by atoms with Gasteiger partial charge in [-0.15, -0.1) is 0 Å². The SMILES string of the molecule is CC(N)Cc1ccc(Oc2cccc(C(C)C)c2)cc1Br. The van der Waals surface area contributed by atoms with E-state index in [4.69, 9.17) is 10.5 Å². The van der Waals surface area contributed by atoms with E-state index < -0.39 is 0 Å². The molecule has 0 saturated heterocycles. The van der Waals surface area contributed by atoms with Crippen LogP contribution in [0, 0.1) is 0 Å². The van der Waals surface area contributed by atoms with Crippen molar-refractivity contribution in [1.29, 1.82) is 0 Å². The van der Waals surface area contributed by atoms with Crippen LogP contribution in [0.15, 0.2) is 46.9 Å². The Labute approximate surface area is 135 Å². The van der Waals surface area contributed by atoms with Gasteiger partial charge in [-0.2, -0.15) is 0 Å². The molecule has 2 nitrogen and oxygen atoms in total. The van der Waals surface area contributed by atoms with Gasteiger partial charge in [-0.05, 0) is 54.7 Å². The minimum absolute atomic E-state index is 0.149. The van der Waals surface area contributed by atoms with E-state index in [-0.39, 0.29) is 6.04 Å². The van der Waals surface area contributed by atoms with Crippen molar-refractivity contribution < 1.29 is 4.74 Å². The van der Waals surface area contributed by atoms with Gasteiger partial charge < -0.3 is 10.5 Å². The fraction of sp³-hybridized carbons (Fsp3) is 0.333. The van der Waals surface area contributed by atoms with Crippen LogP contribution >= 0.6 is 15.9 Å². The molecule has 2 N–H and O–H groups in total. The Kier molecular flexibility index (Phi) is 5.43. The third kappa shape index (κ3) is 4.58. The normalized spacial score (nSPS) is 12.5. The lowest BCUT2D eigenvalue weighted by Gasteiger charge is -2.12. The van der Waals surface area contributed by atoms with Crippen LogP contribution in [-0.4, -0.2) is 6.04 Å². The molecule has 2 aromatic carbocycles. The first kappa shape index (κ1) is 16.1. The average Bonchev–Trinajstić information content (AvgIpc) is 2.42. The lowest BCUT2D eigenvalue weighted by Crippen LogP contribution is -2.17. The monoisotopic (exact) mass is 347 g/mol. The molecule has 2 aromatic rings. The first-order valence-electron chi connectivity index (χ1n) is 7.27. The minimum atomic E-state index is 0.149. The summed E-state index contributed by atoms with van der Waals surface area (Å²) in [5.41, 5.74) is 8.33. The molecule has 0 amide bonds. The van der Waals surface area contributed by atoms with Gasteiger partial charge in [-0.1, -0.05) is 48.0 Å². The molecule has 1 unspecified atom stereocenters. The molecule has 0 fully saturated rings. The summed E-state index contributed by atoms with van der Waals surface area (Å²) in [7, 11) is 0.